The molecule has 13 rings (SSSR count). The highest BCUT2D eigenvalue weighted by atomic mass is 16.3. The van der Waals surface area contributed by atoms with Crippen molar-refractivity contribution >= 4 is 65.7 Å². The Morgan fingerprint density at radius 1 is 0.349 bits per heavy atom. The summed E-state index contributed by atoms with van der Waals surface area (Å²) < 4.78 is 11.1. The van der Waals surface area contributed by atoms with Crippen LogP contribution in [0.1, 0.15) is 0 Å². The zero-order valence-corrected chi connectivity index (χ0v) is 33.9. The van der Waals surface area contributed by atoms with E-state index in [0.29, 0.717) is 0 Å². The van der Waals surface area contributed by atoms with Crippen molar-refractivity contribution in [3.63, 3.8) is 0 Å². The Labute approximate surface area is 361 Å². The highest BCUT2D eigenvalue weighted by molar-refractivity contribution is 6.13. The molecule has 6 nitrogen and oxygen atoms in total. The number of fused-ring (bicyclic) bond motifs is 9. The second kappa shape index (κ2) is 14.0. The summed E-state index contributed by atoms with van der Waals surface area (Å²) in [6.07, 6.45) is 3.70. The molecule has 0 bridgehead atoms. The van der Waals surface area contributed by atoms with Crippen molar-refractivity contribution in [2.24, 2.45) is 0 Å². The van der Waals surface area contributed by atoms with Crippen LogP contribution in [-0.4, -0.2) is 24.1 Å². The van der Waals surface area contributed by atoms with Gasteiger partial charge in [-0.15, -0.1) is 0 Å². The summed E-state index contributed by atoms with van der Waals surface area (Å²) in [7, 11) is 0. The fraction of sp³-hybridized carbons (Fsp3) is 0. The Hall–Kier alpha value is -8.61. The third kappa shape index (κ3) is 5.55. The van der Waals surface area contributed by atoms with Crippen LogP contribution >= 0.6 is 0 Å². The van der Waals surface area contributed by atoms with E-state index in [4.69, 9.17) is 9.40 Å². The highest BCUT2D eigenvalue weighted by Gasteiger charge is 2.20. The maximum Gasteiger partial charge on any atom is 0.154 e. The summed E-state index contributed by atoms with van der Waals surface area (Å²) in [5, 5.41) is 5.67. The molecule has 0 N–H and O–H groups in total. The number of hydrogen-bond donors (Lipinski definition) is 0. The van der Waals surface area contributed by atoms with Gasteiger partial charge in [-0.1, -0.05) is 109 Å². The fourth-order valence-corrected chi connectivity index (χ4v) is 9.65. The topological polar surface area (TPSA) is 61.7 Å². The smallest absolute Gasteiger partial charge is 0.154 e. The lowest BCUT2D eigenvalue weighted by Gasteiger charge is -2.11. The van der Waals surface area contributed by atoms with Crippen LogP contribution in [0, 0.1) is 0 Å². The fourth-order valence-electron chi connectivity index (χ4n) is 9.65. The average Bonchev–Trinajstić information content (AvgIpc) is 4.01. The first-order chi connectivity index (χ1) is 31.2. The molecule has 0 amide bonds. The number of aromatic nitrogens is 5. The zero-order chi connectivity index (χ0) is 41.4. The molecule has 0 spiro atoms. The van der Waals surface area contributed by atoms with Gasteiger partial charge in [0.25, 0.3) is 0 Å². The molecule has 63 heavy (non-hydrogen) atoms. The lowest BCUT2D eigenvalue weighted by molar-refractivity contribution is 0.668. The van der Waals surface area contributed by atoms with E-state index < -0.39 is 0 Å². The van der Waals surface area contributed by atoms with Crippen molar-refractivity contribution in [2.75, 3.05) is 0 Å². The van der Waals surface area contributed by atoms with E-state index in [0.717, 1.165) is 106 Å². The van der Waals surface area contributed by atoms with Crippen LogP contribution in [0.25, 0.3) is 122 Å². The SMILES string of the molecule is c1ccc(-c2ccccc2-c2ccc3c(c2)c2ccccc2n3-c2ccc3oc4ccc(-n5c6ccccc6c6cc(-c7ccccc7-c7ccccn7)ccc65)nc4c3c2)nc1. The summed E-state index contributed by atoms with van der Waals surface area (Å²) in [5.74, 6) is 0.832. The van der Waals surface area contributed by atoms with E-state index in [1.807, 2.05) is 36.7 Å². The van der Waals surface area contributed by atoms with Gasteiger partial charge < -0.3 is 8.98 Å². The molecule has 0 aliphatic heterocycles. The van der Waals surface area contributed by atoms with Crippen LogP contribution in [-0.2, 0) is 0 Å². The molecule has 0 unspecified atom stereocenters. The van der Waals surface area contributed by atoms with Gasteiger partial charge in [-0.25, -0.2) is 4.98 Å². The summed E-state index contributed by atoms with van der Waals surface area (Å²) in [6, 6.07) is 70.5. The van der Waals surface area contributed by atoms with Crippen molar-refractivity contribution in [3.8, 4) is 56.3 Å². The minimum absolute atomic E-state index is 0.749. The van der Waals surface area contributed by atoms with Gasteiger partial charge in [0.05, 0.1) is 33.5 Å². The van der Waals surface area contributed by atoms with E-state index in [9.17, 15) is 0 Å². The lowest BCUT2D eigenvalue weighted by Crippen LogP contribution is -1.97. The van der Waals surface area contributed by atoms with Crippen LogP contribution in [0.3, 0.4) is 0 Å². The van der Waals surface area contributed by atoms with Crippen molar-refractivity contribution in [2.45, 2.75) is 0 Å². The standard InChI is InChI=1S/C57H35N5O/c1-3-15-41(48-19-9-11-31-58-48)39(13-1)36-23-26-52-45(33-36)43-17-5-7-21-50(43)61(52)38-25-28-54-47(35-38)57-55(63-54)29-30-56(60-57)62-51-22-8-6-18-44(51)46-34-37(24-27-53(46)62)40-14-2-4-16-42(40)49-20-10-12-32-59-49/h1-35H. The highest BCUT2D eigenvalue weighted by Crippen LogP contribution is 2.41. The van der Waals surface area contributed by atoms with Crippen LogP contribution in [0.2, 0.25) is 0 Å². The van der Waals surface area contributed by atoms with E-state index in [1.165, 1.54) is 16.2 Å². The maximum absolute atomic E-state index is 6.48. The van der Waals surface area contributed by atoms with Crippen molar-refractivity contribution in [1.29, 1.82) is 0 Å². The van der Waals surface area contributed by atoms with Gasteiger partial charge in [0.1, 0.15) is 16.9 Å². The normalized spacial score (nSPS) is 11.8. The first kappa shape index (κ1) is 35.2. The Kier molecular flexibility index (Phi) is 7.80. The van der Waals surface area contributed by atoms with E-state index >= 15 is 0 Å². The third-order valence-electron chi connectivity index (χ3n) is 12.5. The van der Waals surface area contributed by atoms with Gasteiger partial charge in [-0.05, 0) is 113 Å². The summed E-state index contributed by atoms with van der Waals surface area (Å²) in [5.41, 5.74) is 16.6. The Balaban J connectivity index is 0.952. The molecule has 7 aromatic carbocycles. The number of rotatable bonds is 6. The molecular formula is C57H35N5O. The largest absolute Gasteiger partial charge is 0.454 e. The second-order valence-corrected chi connectivity index (χ2v) is 16.0. The molecular weight excluding hydrogens is 771 g/mol. The third-order valence-corrected chi connectivity index (χ3v) is 12.5. The van der Waals surface area contributed by atoms with Gasteiger partial charge in [0, 0.05) is 56.1 Å². The van der Waals surface area contributed by atoms with Gasteiger partial charge in [0.15, 0.2) is 5.58 Å². The molecule has 6 aromatic heterocycles. The van der Waals surface area contributed by atoms with Crippen LogP contribution < -0.4 is 0 Å². The molecule has 0 saturated heterocycles. The average molecular weight is 806 g/mol. The molecule has 0 aliphatic carbocycles. The Bertz CT molecular complexity index is 3660. The molecule has 0 saturated carbocycles. The molecule has 0 atom stereocenters. The molecule has 294 valence electrons. The number of furan rings is 1. The van der Waals surface area contributed by atoms with Gasteiger partial charge in [-0.3, -0.25) is 14.5 Å². The van der Waals surface area contributed by atoms with Crippen LogP contribution in [0.15, 0.2) is 217 Å². The molecule has 0 radical (unpaired) electrons. The van der Waals surface area contributed by atoms with Gasteiger partial charge in [-0.2, -0.15) is 0 Å². The van der Waals surface area contributed by atoms with Crippen molar-refractivity contribution < 1.29 is 4.42 Å². The van der Waals surface area contributed by atoms with E-state index in [2.05, 4.69) is 195 Å². The van der Waals surface area contributed by atoms with Gasteiger partial charge in [0.2, 0.25) is 0 Å². The first-order valence-electron chi connectivity index (χ1n) is 21.2. The van der Waals surface area contributed by atoms with Crippen molar-refractivity contribution in [1.82, 2.24) is 24.1 Å². The quantitative estimate of drug-likeness (QED) is 0.168. The van der Waals surface area contributed by atoms with Crippen LogP contribution in [0.5, 0.6) is 0 Å². The minimum atomic E-state index is 0.749. The Morgan fingerprint density at radius 2 is 0.857 bits per heavy atom. The van der Waals surface area contributed by atoms with E-state index in [1.54, 1.807) is 0 Å². The van der Waals surface area contributed by atoms with Crippen LogP contribution in [0.4, 0.5) is 0 Å². The lowest BCUT2D eigenvalue weighted by atomic mass is 9.96. The second-order valence-electron chi connectivity index (χ2n) is 16.0. The number of para-hydroxylation sites is 2. The number of hydrogen-bond acceptors (Lipinski definition) is 4. The number of nitrogens with zero attached hydrogens (tertiary/aromatic N) is 5. The Morgan fingerprint density at radius 3 is 1.46 bits per heavy atom. The molecule has 6 heteroatoms. The minimum Gasteiger partial charge on any atom is -0.454 e. The van der Waals surface area contributed by atoms with Crippen molar-refractivity contribution in [3.05, 3.63) is 213 Å². The zero-order valence-electron chi connectivity index (χ0n) is 33.9. The monoisotopic (exact) mass is 805 g/mol. The molecule has 6 heterocycles. The molecule has 13 aromatic rings. The summed E-state index contributed by atoms with van der Waals surface area (Å²) >= 11 is 0. The molecule has 0 fully saturated rings. The predicted molar refractivity (Wildman–Crippen MR) is 258 cm³/mol. The molecule has 0 aliphatic rings. The van der Waals surface area contributed by atoms with Gasteiger partial charge >= 0.3 is 0 Å². The maximum atomic E-state index is 6.48. The predicted octanol–water partition coefficient (Wildman–Crippen LogP) is 14.6. The van der Waals surface area contributed by atoms with E-state index in [-0.39, 0.29) is 0 Å². The first-order valence-corrected chi connectivity index (χ1v) is 21.2. The number of pyridine rings is 3. The summed E-state index contributed by atoms with van der Waals surface area (Å²) in [4.78, 5) is 14.8. The number of benzene rings is 7. The summed E-state index contributed by atoms with van der Waals surface area (Å²) in [6.45, 7) is 0.